The Bertz CT molecular complexity index is 266. The minimum atomic E-state index is 0.175. The van der Waals surface area contributed by atoms with Crippen LogP contribution < -0.4 is 0 Å². The van der Waals surface area contributed by atoms with E-state index in [1.54, 1.807) is 11.3 Å². The van der Waals surface area contributed by atoms with Gasteiger partial charge < -0.3 is 0 Å². The second kappa shape index (κ2) is 6.51. The lowest BCUT2D eigenvalue weighted by Crippen LogP contribution is -1.86. The Labute approximate surface area is 111 Å². The lowest BCUT2D eigenvalue weighted by Gasteiger charge is -2.05. The normalized spacial score (nSPS) is 13.1. The van der Waals surface area contributed by atoms with Gasteiger partial charge in [0.25, 0.3) is 0 Å². The van der Waals surface area contributed by atoms with Gasteiger partial charge in [-0.2, -0.15) is 0 Å². The second-order valence-corrected chi connectivity index (χ2v) is 7.02. The molecular weight excluding hydrogens is 347 g/mol. The predicted octanol–water partition coefficient (Wildman–Crippen LogP) is 6.13. The highest BCUT2D eigenvalue weighted by molar-refractivity contribution is 9.13. The van der Waals surface area contributed by atoms with Crippen molar-refractivity contribution in [1.82, 2.24) is 0 Å². The highest BCUT2D eigenvalue weighted by atomic mass is 79.9. The maximum absolute atomic E-state index is 6.30. The van der Waals surface area contributed by atoms with Crippen molar-refractivity contribution in [2.45, 2.75) is 38.0 Å². The van der Waals surface area contributed by atoms with E-state index in [0.717, 1.165) is 14.7 Å². The smallest absolute Gasteiger partial charge is 0.0843 e. The molecule has 1 rings (SSSR count). The first-order chi connectivity index (χ1) is 6.65. The zero-order chi connectivity index (χ0) is 10.6. The zero-order valence-corrected chi connectivity index (χ0v) is 12.8. The predicted molar refractivity (Wildman–Crippen MR) is 72.5 cm³/mol. The molecule has 0 aliphatic heterocycles. The van der Waals surface area contributed by atoms with Gasteiger partial charge in [-0.25, -0.2) is 0 Å². The maximum atomic E-state index is 6.30. The highest BCUT2D eigenvalue weighted by Crippen LogP contribution is 2.39. The number of hydrogen-bond donors (Lipinski definition) is 0. The Morgan fingerprint density at radius 2 is 2.14 bits per heavy atom. The summed E-state index contributed by atoms with van der Waals surface area (Å²) in [5.74, 6) is 0. The fraction of sp³-hybridized carbons (Fsp3) is 0.600. The van der Waals surface area contributed by atoms with E-state index in [4.69, 9.17) is 11.6 Å². The molecule has 0 saturated heterocycles. The zero-order valence-electron chi connectivity index (χ0n) is 8.03. The average Bonchev–Trinajstić information content (AvgIpc) is 2.47. The molecule has 0 spiro atoms. The molecule has 14 heavy (non-hydrogen) atoms. The quantitative estimate of drug-likeness (QED) is 0.437. The van der Waals surface area contributed by atoms with Gasteiger partial charge in [0.05, 0.1) is 9.16 Å². The molecule has 1 aromatic rings. The third kappa shape index (κ3) is 3.84. The van der Waals surface area contributed by atoms with Gasteiger partial charge in [-0.3, -0.25) is 0 Å². The molecule has 0 saturated carbocycles. The molecule has 0 amide bonds. The first kappa shape index (κ1) is 13.0. The van der Waals surface area contributed by atoms with E-state index in [1.807, 2.05) is 0 Å². The molecule has 1 atom stereocenters. The molecule has 1 aromatic heterocycles. The molecule has 0 radical (unpaired) electrons. The maximum Gasteiger partial charge on any atom is 0.0843 e. The van der Waals surface area contributed by atoms with Crippen molar-refractivity contribution in [3.63, 3.8) is 0 Å². The van der Waals surface area contributed by atoms with E-state index >= 15 is 0 Å². The molecule has 80 valence electrons. The van der Waals surface area contributed by atoms with Crippen LogP contribution in [-0.2, 0) is 0 Å². The highest BCUT2D eigenvalue weighted by Gasteiger charge is 2.12. The Balaban J connectivity index is 2.47. The lowest BCUT2D eigenvalue weighted by molar-refractivity contribution is 0.659. The molecule has 1 unspecified atom stereocenters. The van der Waals surface area contributed by atoms with Crippen molar-refractivity contribution in [3.05, 3.63) is 19.2 Å². The Kier molecular flexibility index (Phi) is 6.06. The molecule has 0 N–H and O–H groups in total. The van der Waals surface area contributed by atoms with Crippen LogP contribution in [0.1, 0.15) is 42.9 Å². The fourth-order valence-electron chi connectivity index (χ4n) is 1.23. The van der Waals surface area contributed by atoms with Gasteiger partial charge in [0.2, 0.25) is 0 Å². The second-order valence-electron chi connectivity index (χ2n) is 3.23. The minimum Gasteiger partial charge on any atom is -0.131 e. The number of alkyl halides is 1. The molecule has 0 nitrogen and oxygen atoms in total. The molecule has 0 aliphatic rings. The van der Waals surface area contributed by atoms with E-state index in [-0.39, 0.29) is 5.38 Å². The van der Waals surface area contributed by atoms with Crippen LogP contribution in [0, 0.1) is 0 Å². The third-order valence-electron chi connectivity index (χ3n) is 2.03. The summed E-state index contributed by atoms with van der Waals surface area (Å²) in [7, 11) is 0. The van der Waals surface area contributed by atoms with E-state index < -0.39 is 0 Å². The van der Waals surface area contributed by atoms with Crippen LogP contribution in [0.3, 0.4) is 0 Å². The molecule has 1 heterocycles. The number of rotatable bonds is 5. The van der Waals surface area contributed by atoms with E-state index in [0.29, 0.717) is 0 Å². The van der Waals surface area contributed by atoms with Gasteiger partial charge in [0.1, 0.15) is 0 Å². The minimum absolute atomic E-state index is 0.175. The average molecular weight is 361 g/mol. The third-order valence-corrected chi connectivity index (χ3v) is 5.99. The summed E-state index contributed by atoms with van der Waals surface area (Å²) in [6, 6.07) is 2.11. The Hall–Kier alpha value is 0.950. The summed E-state index contributed by atoms with van der Waals surface area (Å²) in [6.45, 7) is 2.21. The van der Waals surface area contributed by atoms with E-state index in [1.165, 1.54) is 24.1 Å². The molecule has 0 bridgehead atoms. The van der Waals surface area contributed by atoms with Crippen molar-refractivity contribution in [1.29, 1.82) is 0 Å². The number of unbranched alkanes of at least 4 members (excludes halogenated alkanes) is 2. The summed E-state index contributed by atoms with van der Waals surface area (Å²) >= 11 is 15.0. The monoisotopic (exact) mass is 358 g/mol. The summed E-state index contributed by atoms with van der Waals surface area (Å²) in [5.41, 5.74) is 0. The van der Waals surface area contributed by atoms with Gasteiger partial charge in [0, 0.05) is 9.35 Å². The topological polar surface area (TPSA) is 0 Å². The largest absolute Gasteiger partial charge is 0.131 e. The molecule has 0 aromatic carbocycles. The number of halogens is 3. The van der Waals surface area contributed by atoms with Crippen molar-refractivity contribution >= 4 is 54.8 Å². The van der Waals surface area contributed by atoms with Crippen LogP contribution >= 0.6 is 54.8 Å². The van der Waals surface area contributed by atoms with Crippen LogP contribution in [0.4, 0.5) is 0 Å². The van der Waals surface area contributed by atoms with Crippen LogP contribution in [0.25, 0.3) is 0 Å². The van der Waals surface area contributed by atoms with Crippen LogP contribution in [-0.4, -0.2) is 0 Å². The van der Waals surface area contributed by atoms with Crippen molar-refractivity contribution in [2.75, 3.05) is 0 Å². The van der Waals surface area contributed by atoms with Crippen molar-refractivity contribution in [3.8, 4) is 0 Å². The first-order valence-electron chi connectivity index (χ1n) is 4.74. The van der Waals surface area contributed by atoms with Crippen LogP contribution in [0.5, 0.6) is 0 Å². The summed E-state index contributed by atoms with van der Waals surface area (Å²) in [6.07, 6.45) is 4.82. The fourth-order valence-corrected chi connectivity index (χ4v) is 3.69. The van der Waals surface area contributed by atoms with Gasteiger partial charge in [0.15, 0.2) is 0 Å². The van der Waals surface area contributed by atoms with Gasteiger partial charge >= 0.3 is 0 Å². The van der Waals surface area contributed by atoms with Crippen molar-refractivity contribution < 1.29 is 0 Å². The Morgan fingerprint density at radius 1 is 1.43 bits per heavy atom. The molecular formula is C10H13Br2ClS. The van der Waals surface area contributed by atoms with Crippen LogP contribution in [0.2, 0.25) is 0 Å². The first-order valence-corrected chi connectivity index (χ1v) is 7.57. The van der Waals surface area contributed by atoms with Crippen molar-refractivity contribution in [2.24, 2.45) is 0 Å². The molecule has 4 heteroatoms. The van der Waals surface area contributed by atoms with Gasteiger partial charge in [-0.05, 0) is 44.3 Å². The Morgan fingerprint density at radius 3 is 2.64 bits per heavy atom. The standard InChI is InChI=1S/C10H13Br2ClS/c1-2-3-4-5-8(13)9-6-7(11)10(12)14-9/h6,8H,2-5H2,1H3. The summed E-state index contributed by atoms with van der Waals surface area (Å²) in [5, 5.41) is 0.175. The van der Waals surface area contributed by atoms with E-state index in [2.05, 4.69) is 44.8 Å². The lowest BCUT2D eigenvalue weighted by atomic mass is 10.1. The van der Waals surface area contributed by atoms with E-state index in [9.17, 15) is 0 Å². The van der Waals surface area contributed by atoms with Gasteiger partial charge in [-0.15, -0.1) is 22.9 Å². The summed E-state index contributed by atoms with van der Waals surface area (Å²) in [4.78, 5) is 1.25. The summed E-state index contributed by atoms with van der Waals surface area (Å²) < 4.78 is 2.24. The number of hydrogen-bond acceptors (Lipinski definition) is 1. The number of thiophene rings is 1. The molecule has 0 fully saturated rings. The molecule has 0 aliphatic carbocycles. The van der Waals surface area contributed by atoms with Crippen LogP contribution in [0.15, 0.2) is 14.3 Å². The van der Waals surface area contributed by atoms with Gasteiger partial charge in [-0.1, -0.05) is 26.2 Å². The SMILES string of the molecule is CCCCCC(Cl)c1cc(Br)c(Br)s1.